The van der Waals surface area contributed by atoms with E-state index in [1.807, 2.05) is 12.5 Å². The number of H-pyrrole nitrogens is 1. The number of aryl methyl sites for hydroxylation is 1. The van der Waals surface area contributed by atoms with E-state index in [-0.39, 0.29) is 0 Å². The van der Waals surface area contributed by atoms with E-state index in [1.165, 1.54) is 109 Å². The van der Waals surface area contributed by atoms with Gasteiger partial charge in [0.25, 0.3) is 0 Å². The third kappa shape index (κ3) is 13.0. The molecule has 0 fully saturated rings. The molecule has 0 saturated heterocycles. The summed E-state index contributed by atoms with van der Waals surface area (Å²) in [6.45, 7) is 3.46. The van der Waals surface area contributed by atoms with Crippen molar-refractivity contribution < 1.29 is 57.1 Å². The summed E-state index contributed by atoms with van der Waals surface area (Å²) < 4.78 is 136. The van der Waals surface area contributed by atoms with Crippen molar-refractivity contribution in [3.63, 3.8) is 0 Å². The van der Waals surface area contributed by atoms with E-state index in [9.17, 15) is 47.9 Å². The molecule has 15 heteroatoms. The number of imidazole rings is 1. The first-order valence-electron chi connectivity index (χ1n) is 13.6. The molecule has 0 radical (unpaired) electrons. The number of aromatic nitrogens is 2. The number of hydrogen-bond acceptors (Lipinski definition) is 2. The Morgan fingerprint density at radius 1 is 0.650 bits per heavy atom. The van der Waals surface area contributed by atoms with Crippen LogP contribution in [0, 0.1) is 0 Å². The Hall–Kier alpha value is -1.51. The van der Waals surface area contributed by atoms with Crippen molar-refractivity contribution in [2.75, 3.05) is 0 Å². The third-order valence-corrected chi connectivity index (χ3v) is 7.22. The largest absolute Gasteiger partial charge is 0.460 e. The average Bonchev–Trinajstić information content (AvgIpc) is 3.36. The maximum atomic E-state index is 12.2. The van der Waals surface area contributed by atoms with Gasteiger partial charge in [-0.2, -0.15) is 47.9 Å². The molecule has 40 heavy (non-hydrogen) atoms. The molecule has 238 valence electrons. The van der Waals surface area contributed by atoms with Crippen molar-refractivity contribution in [2.24, 2.45) is 0 Å². The number of alkyl halides is 9. The fourth-order valence-corrected chi connectivity index (χ4v) is 4.28. The molecule has 0 unspecified atom stereocenters. The quantitative estimate of drug-likeness (QED) is 0.0661. The van der Waals surface area contributed by atoms with Crippen LogP contribution in [-0.2, 0) is 16.7 Å². The molecular weight excluding hydrogens is 579 g/mol. The van der Waals surface area contributed by atoms with Crippen molar-refractivity contribution >= 4 is 10.1 Å². The normalized spacial score (nSPS) is 13.3. The number of halogens is 9. The second kappa shape index (κ2) is 18.1. The van der Waals surface area contributed by atoms with E-state index < -0.39 is 33.4 Å². The summed E-state index contributed by atoms with van der Waals surface area (Å²) in [4.78, 5) is 3.10. The van der Waals surface area contributed by atoms with Crippen LogP contribution in [-0.4, -0.2) is 41.2 Å². The van der Waals surface area contributed by atoms with E-state index in [1.54, 1.807) is 0 Å². The first kappa shape index (κ1) is 38.5. The molecular formula is C25H42F9N2O3S+. The van der Waals surface area contributed by atoms with Gasteiger partial charge in [-0.3, -0.25) is 9.54 Å². The van der Waals surface area contributed by atoms with Gasteiger partial charge >= 0.3 is 33.4 Å². The van der Waals surface area contributed by atoms with Crippen LogP contribution in [0.15, 0.2) is 18.7 Å². The molecule has 1 aromatic heterocycles. The monoisotopic (exact) mass is 621 g/mol. The minimum Gasteiger partial charge on any atom is -0.281 e. The second-order valence-electron chi connectivity index (χ2n) is 9.79. The highest BCUT2D eigenvalue weighted by atomic mass is 32.2. The summed E-state index contributed by atoms with van der Waals surface area (Å²) in [6, 6.07) is 0. The van der Waals surface area contributed by atoms with Gasteiger partial charge in [-0.1, -0.05) is 96.8 Å². The minimum atomic E-state index is -7.37. The standard InChI is InChI=1S/C21H40N2.C4HF9O3S/c1-2-3-4-5-6-7-8-9-10-11-12-13-14-15-16-17-19-23-20-18-22-21-23;5-1(6,3(9,10)11)2(7,8)4(12,13)17(14,15)16/h18,20-21H,2-17,19H2,1H3;(H,14,15,16)/p+1. The summed E-state index contributed by atoms with van der Waals surface area (Å²) in [7, 11) is -7.17. The molecule has 0 aliphatic carbocycles. The van der Waals surface area contributed by atoms with E-state index in [4.69, 9.17) is 4.55 Å². The predicted molar refractivity (Wildman–Crippen MR) is 133 cm³/mol. The van der Waals surface area contributed by atoms with E-state index in [0.29, 0.717) is 0 Å². The Bertz CT molecular complexity index is 879. The number of hydrogen-bond donors (Lipinski definition) is 2. The molecule has 1 rings (SSSR count). The first-order valence-corrected chi connectivity index (χ1v) is 15.1. The number of unbranched alkanes of at least 4 members (excludes halogenated alkanes) is 15. The summed E-state index contributed by atoms with van der Waals surface area (Å²) >= 11 is 0. The molecule has 1 aromatic rings. The number of nitrogens with one attached hydrogen (secondary N) is 1. The maximum absolute atomic E-state index is 12.2. The zero-order valence-corrected chi connectivity index (χ0v) is 23.6. The SMILES string of the molecule is CCCCCCCCCCCCCCCCCC[n+]1cc[nH]c1.O=S(=O)(O)C(F)(F)C(F)(F)C(F)(F)C(F)(F)F. The van der Waals surface area contributed by atoms with Crippen LogP contribution in [0.3, 0.4) is 0 Å². The lowest BCUT2D eigenvalue weighted by Crippen LogP contribution is -2.63. The van der Waals surface area contributed by atoms with Gasteiger partial charge in [-0.25, -0.2) is 4.57 Å². The highest BCUT2D eigenvalue weighted by Gasteiger charge is 2.85. The molecule has 0 aromatic carbocycles. The first-order chi connectivity index (χ1) is 18.4. The molecule has 0 bridgehead atoms. The molecule has 2 N–H and O–H groups in total. The van der Waals surface area contributed by atoms with E-state index >= 15 is 0 Å². The Labute approximate surface area is 230 Å². The van der Waals surface area contributed by atoms with Crippen LogP contribution in [0.4, 0.5) is 39.5 Å². The smallest absolute Gasteiger partial charge is 0.281 e. The Balaban J connectivity index is 0.000000799. The van der Waals surface area contributed by atoms with Gasteiger partial charge in [0.2, 0.25) is 6.33 Å². The van der Waals surface area contributed by atoms with Gasteiger partial charge < -0.3 is 0 Å². The third-order valence-electron chi connectivity index (χ3n) is 6.31. The lowest BCUT2D eigenvalue weighted by Gasteiger charge is -2.31. The van der Waals surface area contributed by atoms with Gasteiger partial charge in [-0.05, 0) is 12.8 Å². The second-order valence-corrected chi connectivity index (χ2v) is 11.3. The number of rotatable bonds is 20. The van der Waals surface area contributed by atoms with Gasteiger partial charge in [-0.15, -0.1) is 0 Å². The van der Waals surface area contributed by atoms with Crippen LogP contribution >= 0.6 is 0 Å². The Kier molecular flexibility index (Phi) is 17.4. The van der Waals surface area contributed by atoms with Crippen molar-refractivity contribution in [1.29, 1.82) is 0 Å². The lowest BCUT2D eigenvalue weighted by atomic mass is 10.0. The van der Waals surface area contributed by atoms with Gasteiger partial charge in [0, 0.05) is 0 Å². The predicted octanol–water partition coefficient (Wildman–Crippen LogP) is 8.86. The molecule has 0 amide bonds. The van der Waals surface area contributed by atoms with Crippen molar-refractivity contribution in [3.05, 3.63) is 18.7 Å². The topological polar surface area (TPSA) is 74.0 Å². The van der Waals surface area contributed by atoms with E-state index in [2.05, 4.69) is 22.7 Å². The van der Waals surface area contributed by atoms with E-state index in [0.717, 1.165) is 0 Å². The molecule has 0 aliphatic heterocycles. The van der Waals surface area contributed by atoms with Crippen LogP contribution < -0.4 is 4.57 Å². The van der Waals surface area contributed by atoms with Crippen LogP contribution in [0.25, 0.3) is 0 Å². The van der Waals surface area contributed by atoms with Gasteiger partial charge in [0.15, 0.2) is 0 Å². The van der Waals surface area contributed by atoms with Crippen LogP contribution in [0.2, 0.25) is 0 Å². The van der Waals surface area contributed by atoms with Crippen molar-refractivity contribution in [2.45, 2.75) is 139 Å². The molecule has 1 heterocycles. The average molecular weight is 622 g/mol. The summed E-state index contributed by atoms with van der Waals surface area (Å²) in [5.74, 6) is -14.7. The highest BCUT2D eigenvalue weighted by Crippen LogP contribution is 2.54. The fraction of sp³-hybridized carbons (Fsp3) is 0.880. The minimum absolute atomic E-state index is 1.17. The molecule has 0 saturated carbocycles. The molecule has 5 nitrogen and oxygen atoms in total. The van der Waals surface area contributed by atoms with Crippen molar-refractivity contribution in [1.82, 2.24) is 4.98 Å². The zero-order chi connectivity index (χ0) is 30.9. The summed E-state index contributed by atoms with van der Waals surface area (Å²) in [5, 5.41) is -7.00. The van der Waals surface area contributed by atoms with Crippen LogP contribution in [0.1, 0.15) is 110 Å². The maximum Gasteiger partial charge on any atom is 0.460 e. The van der Waals surface area contributed by atoms with Gasteiger partial charge in [0.05, 0.1) is 6.54 Å². The van der Waals surface area contributed by atoms with Crippen molar-refractivity contribution in [3.8, 4) is 0 Å². The Morgan fingerprint density at radius 3 is 1.32 bits per heavy atom. The fourth-order valence-electron chi connectivity index (χ4n) is 3.82. The molecule has 0 aliphatic rings. The van der Waals surface area contributed by atoms with Crippen LogP contribution in [0.5, 0.6) is 0 Å². The Morgan fingerprint density at radius 2 is 1.02 bits per heavy atom. The molecule has 0 atom stereocenters. The summed E-state index contributed by atoms with van der Waals surface area (Å²) in [5.41, 5.74) is 0. The number of nitrogens with zero attached hydrogens (tertiary/aromatic N) is 1. The van der Waals surface area contributed by atoms with Gasteiger partial charge in [0.1, 0.15) is 12.4 Å². The number of aromatic amines is 1. The zero-order valence-electron chi connectivity index (χ0n) is 22.8. The summed E-state index contributed by atoms with van der Waals surface area (Å²) in [6.07, 6.45) is 22.1. The molecule has 0 spiro atoms. The highest BCUT2D eigenvalue weighted by molar-refractivity contribution is 7.87. The lowest BCUT2D eigenvalue weighted by molar-refractivity contribution is -0.696.